The summed E-state index contributed by atoms with van der Waals surface area (Å²) in [6.45, 7) is 8.61. The Kier molecular flexibility index (Phi) is 5.54. The molecule has 26 heavy (non-hydrogen) atoms. The molecular weight excluding hydrogens is 346 g/mol. The maximum atomic E-state index is 12.8. The molecule has 1 heterocycles. The minimum absolute atomic E-state index is 0.0110. The van der Waals surface area contributed by atoms with Crippen LogP contribution < -0.4 is 0 Å². The first-order valence-electron chi connectivity index (χ1n) is 8.35. The molecule has 0 bridgehead atoms. The number of para-hydroxylation sites is 2. The second-order valence-corrected chi connectivity index (χ2v) is 6.33. The van der Waals surface area contributed by atoms with Gasteiger partial charge in [0.25, 0.3) is 0 Å². The van der Waals surface area contributed by atoms with Crippen LogP contribution in [-0.4, -0.2) is 33.4 Å². The fraction of sp³-hybridized carbons (Fsp3) is 0.143. The van der Waals surface area contributed by atoms with Crippen molar-refractivity contribution in [3.63, 3.8) is 0 Å². The van der Waals surface area contributed by atoms with Gasteiger partial charge >= 0.3 is 0 Å². The standard InChI is InChI=1S/C21H20ClN3O/c1-3-13-24(14-4-2)20(26)15-25-19-8-6-5-7-18(19)23-21(25)16-9-11-17(22)12-10-16/h3-12H,1-2,13-15H2. The van der Waals surface area contributed by atoms with E-state index >= 15 is 0 Å². The third-order valence-electron chi connectivity index (χ3n) is 4.10. The number of imidazole rings is 1. The molecule has 3 aromatic rings. The van der Waals surface area contributed by atoms with Gasteiger partial charge in [0.05, 0.1) is 11.0 Å². The van der Waals surface area contributed by atoms with Gasteiger partial charge in [-0.1, -0.05) is 35.9 Å². The molecular formula is C21H20ClN3O. The van der Waals surface area contributed by atoms with Crippen LogP contribution >= 0.6 is 11.6 Å². The predicted molar refractivity (Wildman–Crippen MR) is 107 cm³/mol. The van der Waals surface area contributed by atoms with Crippen molar-refractivity contribution in [2.24, 2.45) is 0 Å². The number of carbonyl (C=O) groups is 1. The molecule has 132 valence electrons. The molecule has 0 N–H and O–H groups in total. The molecule has 2 aromatic carbocycles. The highest BCUT2D eigenvalue weighted by Gasteiger charge is 2.18. The van der Waals surface area contributed by atoms with Crippen LogP contribution in [0.25, 0.3) is 22.4 Å². The van der Waals surface area contributed by atoms with Gasteiger partial charge in [-0.25, -0.2) is 4.98 Å². The Bertz CT molecular complexity index is 934. The van der Waals surface area contributed by atoms with Crippen molar-refractivity contribution >= 4 is 28.5 Å². The van der Waals surface area contributed by atoms with Crippen molar-refractivity contribution in [2.75, 3.05) is 13.1 Å². The normalized spacial score (nSPS) is 10.7. The lowest BCUT2D eigenvalue weighted by atomic mass is 10.2. The zero-order valence-electron chi connectivity index (χ0n) is 14.4. The van der Waals surface area contributed by atoms with Gasteiger partial charge in [-0.05, 0) is 36.4 Å². The van der Waals surface area contributed by atoms with E-state index < -0.39 is 0 Å². The Labute approximate surface area is 158 Å². The third kappa shape index (κ3) is 3.70. The lowest BCUT2D eigenvalue weighted by Gasteiger charge is -2.20. The van der Waals surface area contributed by atoms with E-state index in [1.54, 1.807) is 17.1 Å². The average Bonchev–Trinajstić information content (AvgIpc) is 3.01. The molecule has 0 atom stereocenters. The van der Waals surface area contributed by atoms with Gasteiger partial charge in [-0.2, -0.15) is 0 Å². The molecule has 0 radical (unpaired) electrons. The Morgan fingerprint density at radius 2 is 1.73 bits per heavy atom. The van der Waals surface area contributed by atoms with E-state index in [4.69, 9.17) is 16.6 Å². The van der Waals surface area contributed by atoms with Gasteiger partial charge < -0.3 is 9.47 Å². The van der Waals surface area contributed by atoms with E-state index in [1.807, 2.05) is 53.1 Å². The lowest BCUT2D eigenvalue weighted by molar-refractivity contribution is -0.130. The SMILES string of the molecule is C=CCN(CC=C)C(=O)Cn1c(-c2ccc(Cl)cc2)nc2ccccc21. The van der Waals surface area contributed by atoms with Gasteiger partial charge in [0, 0.05) is 23.7 Å². The number of aromatic nitrogens is 2. The molecule has 1 amide bonds. The second-order valence-electron chi connectivity index (χ2n) is 5.89. The Hall–Kier alpha value is -2.85. The van der Waals surface area contributed by atoms with Crippen LogP contribution in [0.3, 0.4) is 0 Å². The Morgan fingerprint density at radius 3 is 2.38 bits per heavy atom. The van der Waals surface area contributed by atoms with Crippen molar-refractivity contribution in [1.29, 1.82) is 0 Å². The van der Waals surface area contributed by atoms with Crippen molar-refractivity contribution in [3.8, 4) is 11.4 Å². The number of fused-ring (bicyclic) bond motifs is 1. The van der Waals surface area contributed by atoms with Crippen LogP contribution in [0.15, 0.2) is 73.8 Å². The van der Waals surface area contributed by atoms with E-state index in [9.17, 15) is 4.79 Å². The van der Waals surface area contributed by atoms with Gasteiger partial charge in [0.1, 0.15) is 12.4 Å². The van der Waals surface area contributed by atoms with Crippen molar-refractivity contribution in [1.82, 2.24) is 14.5 Å². The van der Waals surface area contributed by atoms with E-state index in [1.165, 1.54) is 0 Å². The number of nitrogens with zero attached hydrogens (tertiary/aromatic N) is 3. The minimum atomic E-state index is -0.0110. The second kappa shape index (κ2) is 8.02. The maximum Gasteiger partial charge on any atom is 0.243 e. The summed E-state index contributed by atoms with van der Waals surface area (Å²) < 4.78 is 1.94. The molecule has 1 aromatic heterocycles. The summed E-state index contributed by atoms with van der Waals surface area (Å²) in [6.07, 6.45) is 3.43. The first kappa shape index (κ1) is 18.0. The molecule has 0 aliphatic carbocycles. The molecule has 0 aliphatic heterocycles. The fourth-order valence-corrected chi connectivity index (χ4v) is 3.01. The van der Waals surface area contributed by atoms with Gasteiger partial charge in [0.2, 0.25) is 5.91 Å². The summed E-state index contributed by atoms with van der Waals surface area (Å²) in [5.41, 5.74) is 2.68. The van der Waals surface area contributed by atoms with Crippen LogP contribution in [0.2, 0.25) is 5.02 Å². The van der Waals surface area contributed by atoms with Crippen LogP contribution in [-0.2, 0) is 11.3 Å². The number of halogens is 1. The van der Waals surface area contributed by atoms with Gasteiger partial charge in [-0.15, -0.1) is 13.2 Å². The molecule has 4 nitrogen and oxygen atoms in total. The van der Waals surface area contributed by atoms with Gasteiger partial charge in [-0.3, -0.25) is 4.79 Å². The van der Waals surface area contributed by atoms with Crippen molar-refractivity contribution in [2.45, 2.75) is 6.54 Å². The summed E-state index contributed by atoms with van der Waals surface area (Å²) in [4.78, 5) is 19.3. The van der Waals surface area contributed by atoms with E-state index in [-0.39, 0.29) is 12.5 Å². The van der Waals surface area contributed by atoms with Crippen LogP contribution in [0, 0.1) is 0 Å². The molecule has 0 spiro atoms. The predicted octanol–water partition coefficient (Wildman–Crippen LogP) is 4.56. The summed E-state index contributed by atoms with van der Waals surface area (Å²) >= 11 is 6.01. The summed E-state index contributed by atoms with van der Waals surface area (Å²) in [5, 5.41) is 0.663. The third-order valence-corrected chi connectivity index (χ3v) is 4.35. The molecule has 5 heteroatoms. The number of carbonyl (C=O) groups excluding carboxylic acids is 1. The number of benzene rings is 2. The Morgan fingerprint density at radius 1 is 1.08 bits per heavy atom. The van der Waals surface area contributed by atoms with E-state index in [0.29, 0.717) is 18.1 Å². The first-order chi connectivity index (χ1) is 12.6. The molecule has 0 saturated carbocycles. The number of rotatable bonds is 7. The smallest absolute Gasteiger partial charge is 0.243 e. The molecule has 0 aliphatic rings. The Balaban J connectivity index is 2.04. The molecule has 3 rings (SSSR count). The zero-order chi connectivity index (χ0) is 18.5. The number of amides is 1. The zero-order valence-corrected chi connectivity index (χ0v) is 15.2. The van der Waals surface area contributed by atoms with Crippen LogP contribution in [0.5, 0.6) is 0 Å². The summed E-state index contributed by atoms with van der Waals surface area (Å²) in [5.74, 6) is 0.733. The summed E-state index contributed by atoms with van der Waals surface area (Å²) in [6, 6.07) is 15.3. The van der Waals surface area contributed by atoms with Crippen molar-refractivity contribution < 1.29 is 4.79 Å². The van der Waals surface area contributed by atoms with Crippen LogP contribution in [0.4, 0.5) is 0 Å². The number of hydrogen-bond donors (Lipinski definition) is 0. The molecule has 0 saturated heterocycles. The largest absolute Gasteiger partial charge is 0.334 e. The fourth-order valence-electron chi connectivity index (χ4n) is 2.88. The summed E-state index contributed by atoms with van der Waals surface area (Å²) in [7, 11) is 0. The van der Waals surface area contributed by atoms with Gasteiger partial charge in [0.15, 0.2) is 0 Å². The first-order valence-corrected chi connectivity index (χ1v) is 8.72. The average molecular weight is 366 g/mol. The topological polar surface area (TPSA) is 38.1 Å². The highest BCUT2D eigenvalue weighted by Crippen LogP contribution is 2.26. The van der Waals surface area contributed by atoms with E-state index in [0.717, 1.165) is 22.4 Å². The lowest BCUT2D eigenvalue weighted by Crippen LogP contribution is -2.34. The molecule has 0 fully saturated rings. The highest BCUT2D eigenvalue weighted by molar-refractivity contribution is 6.30. The molecule has 0 unspecified atom stereocenters. The van der Waals surface area contributed by atoms with Crippen LogP contribution in [0.1, 0.15) is 0 Å². The highest BCUT2D eigenvalue weighted by atomic mass is 35.5. The maximum absolute atomic E-state index is 12.8. The minimum Gasteiger partial charge on any atom is -0.334 e. The monoisotopic (exact) mass is 365 g/mol. The van der Waals surface area contributed by atoms with E-state index in [2.05, 4.69) is 13.2 Å². The quantitative estimate of drug-likeness (QED) is 0.576. The van der Waals surface area contributed by atoms with Crippen molar-refractivity contribution in [3.05, 3.63) is 78.9 Å². The number of hydrogen-bond acceptors (Lipinski definition) is 2.